The quantitative estimate of drug-likeness (QED) is 0.777. The molecule has 4 nitrogen and oxygen atoms in total. The minimum absolute atomic E-state index is 0.0891. The molecule has 0 aromatic heterocycles. The molecule has 2 fully saturated rings. The fourth-order valence-electron chi connectivity index (χ4n) is 3.36. The number of hydrogen-bond donors (Lipinski definition) is 2. The maximum atomic E-state index is 12.2. The Morgan fingerprint density at radius 1 is 1.26 bits per heavy atom. The summed E-state index contributed by atoms with van der Waals surface area (Å²) in [4.78, 5) is 22.9. The van der Waals surface area contributed by atoms with Gasteiger partial charge in [0, 0.05) is 12.0 Å². The minimum Gasteiger partial charge on any atom is -0.481 e. The van der Waals surface area contributed by atoms with Gasteiger partial charge in [0.15, 0.2) is 0 Å². The Kier molecular flexibility index (Phi) is 4.83. The lowest BCUT2D eigenvalue weighted by Crippen LogP contribution is -2.48. The van der Waals surface area contributed by atoms with Gasteiger partial charge >= 0.3 is 5.97 Å². The Bertz CT molecular complexity index is 330. The Hall–Kier alpha value is -1.06. The monoisotopic (exact) mass is 267 g/mol. The van der Waals surface area contributed by atoms with Crippen molar-refractivity contribution in [1.29, 1.82) is 0 Å². The van der Waals surface area contributed by atoms with Gasteiger partial charge < -0.3 is 10.4 Å². The molecule has 1 unspecified atom stereocenters. The van der Waals surface area contributed by atoms with Gasteiger partial charge in [-0.2, -0.15) is 0 Å². The largest absolute Gasteiger partial charge is 0.481 e. The van der Waals surface area contributed by atoms with E-state index in [4.69, 9.17) is 5.11 Å². The fourth-order valence-corrected chi connectivity index (χ4v) is 3.36. The summed E-state index contributed by atoms with van der Waals surface area (Å²) >= 11 is 0. The van der Waals surface area contributed by atoms with Gasteiger partial charge in [-0.3, -0.25) is 9.59 Å². The van der Waals surface area contributed by atoms with Crippen molar-refractivity contribution in [2.24, 2.45) is 17.8 Å². The summed E-state index contributed by atoms with van der Waals surface area (Å²) in [7, 11) is 0. The van der Waals surface area contributed by atoms with Crippen molar-refractivity contribution >= 4 is 11.9 Å². The maximum absolute atomic E-state index is 12.2. The first-order valence-corrected chi connectivity index (χ1v) is 7.63. The third kappa shape index (κ3) is 3.71. The molecule has 2 aliphatic rings. The van der Waals surface area contributed by atoms with Crippen molar-refractivity contribution in [3.05, 3.63) is 0 Å². The molecule has 19 heavy (non-hydrogen) atoms. The van der Waals surface area contributed by atoms with E-state index in [1.807, 2.05) is 0 Å². The predicted molar refractivity (Wildman–Crippen MR) is 72.6 cm³/mol. The second kappa shape index (κ2) is 6.40. The summed E-state index contributed by atoms with van der Waals surface area (Å²) in [5.41, 5.74) is 0. The van der Waals surface area contributed by atoms with E-state index in [1.54, 1.807) is 0 Å². The van der Waals surface area contributed by atoms with Crippen molar-refractivity contribution in [2.45, 2.75) is 64.3 Å². The third-order valence-electron chi connectivity index (χ3n) is 4.79. The Labute approximate surface area is 115 Å². The molecule has 1 amide bonds. The second-order valence-electron chi connectivity index (χ2n) is 6.20. The number of rotatable bonds is 6. The maximum Gasteiger partial charge on any atom is 0.306 e. The molecule has 0 radical (unpaired) electrons. The SMILES string of the molecule is CCC(CC1CCCC1)C(=O)NC1CC(C(=O)O)C1. The zero-order valence-electron chi connectivity index (χ0n) is 11.7. The van der Waals surface area contributed by atoms with Crippen LogP contribution in [0.25, 0.3) is 0 Å². The van der Waals surface area contributed by atoms with Crippen LogP contribution in [0.3, 0.4) is 0 Å². The van der Waals surface area contributed by atoms with Crippen LogP contribution in [0, 0.1) is 17.8 Å². The van der Waals surface area contributed by atoms with Crippen LogP contribution in [-0.2, 0) is 9.59 Å². The molecule has 0 heterocycles. The molecule has 0 spiro atoms. The number of carbonyl (C=O) groups is 2. The van der Waals surface area contributed by atoms with Crippen LogP contribution >= 0.6 is 0 Å². The van der Waals surface area contributed by atoms with E-state index in [1.165, 1.54) is 25.7 Å². The summed E-state index contributed by atoms with van der Waals surface area (Å²) in [5.74, 6) is 0.00257. The van der Waals surface area contributed by atoms with Gasteiger partial charge in [-0.15, -0.1) is 0 Å². The Morgan fingerprint density at radius 3 is 2.42 bits per heavy atom. The van der Waals surface area contributed by atoms with Crippen LogP contribution < -0.4 is 5.32 Å². The van der Waals surface area contributed by atoms with Crippen LogP contribution in [0.4, 0.5) is 0 Å². The minimum atomic E-state index is -0.733. The Morgan fingerprint density at radius 2 is 1.89 bits per heavy atom. The fraction of sp³-hybridized carbons (Fsp3) is 0.867. The molecule has 2 rings (SSSR count). The molecule has 2 saturated carbocycles. The molecular weight excluding hydrogens is 242 g/mol. The summed E-state index contributed by atoms with van der Waals surface area (Å²) in [6.45, 7) is 2.07. The zero-order chi connectivity index (χ0) is 13.8. The molecule has 108 valence electrons. The molecule has 2 aliphatic carbocycles. The lowest BCUT2D eigenvalue weighted by atomic mass is 9.80. The predicted octanol–water partition coefficient (Wildman–Crippen LogP) is 2.57. The smallest absolute Gasteiger partial charge is 0.306 e. The van der Waals surface area contributed by atoms with Crippen molar-refractivity contribution in [1.82, 2.24) is 5.32 Å². The van der Waals surface area contributed by atoms with Crippen LogP contribution in [0.2, 0.25) is 0 Å². The Balaban J connectivity index is 1.73. The number of nitrogens with one attached hydrogen (secondary N) is 1. The van der Waals surface area contributed by atoms with Gasteiger partial charge in [0.2, 0.25) is 5.91 Å². The average Bonchev–Trinajstić information content (AvgIpc) is 2.82. The van der Waals surface area contributed by atoms with Gasteiger partial charge in [-0.25, -0.2) is 0 Å². The summed E-state index contributed by atoms with van der Waals surface area (Å²) in [6.07, 6.45) is 8.26. The standard InChI is InChI=1S/C15H25NO3/c1-2-11(7-10-5-3-4-6-10)14(17)16-13-8-12(9-13)15(18)19/h10-13H,2-9H2,1H3,(H,16,17)(H,18,19). The van der Waals surface area contributed by atoms with E-state index in [2.05, 4.69) is 12.2 Å². The van der Waals surface area contributed by atoms with Crippen molar-refractivity contribution in [2.75, 3.05) is 0 Å². The molecule has 0 aliphatic heterocycles. The lowest BCUT2D eigenvalue weighted by molar-refractivity contribution is -0.146. The second-order valence-corrected chi connectivity index (χ2v) is 6.20. The highest BCUT2D eigenvalue weighted by atomic mass is 16.4. The summed E-state index contributed by atoms with van der Waals surface area (Å²) < 4.78 is 0. The number of hydrogen-bond acceptors (Lipinski definition) is 2. The zero-order valence-corrected chi connectivity index (χ0v) is 11.7. The number of amides is 1. The highest BCUT2D eigenvalue weighted by Crippen LogP contribution is 2.32. The molecule has 0 saturated heterocycles. The highest BCUT2D eigenvalue weighted by Gasteiger charge is 2.36. The van der Waals surface area contributed by atoms with Crippen molar-refractivity contribution < 1.29 is 14.7 Å². The van der Waals surface area contributed by atoms with Gasteiger partial charge in [0.25, 0.3) is 0 Å². The number of carboxylic acid groups (broad SMARTS) is 1. The molecule has 1 atom stereocenters. The van der Waals surface area contributed by atoms with Crippen molar-refractivity contribution in [3.8, 4) is 0 Å². The normalized spacial score (nSPS) is 28.7. The van der Waals surface area contributed by atoms with Crippen molar-refractivity contribution in [3.63, 3.8) is 0 Å². The average molecular weight is 267 g/mol. The van der Waals surface area contributed by atoms with Gasteiger partial charge in [-0.05, 0) is 31.6 Å². The van der Waals surface area contributed by atoms with Crippen LogP contribution in [0.15, 0.2) is 0 Å². The van der Waals surface area contributed by atoms with Gasteiger partial charge in [0.05, 0.1) is 5.92 Å². The van der Waals surface area contributed by atoms with Gasteiger partial charge in [-0.1, -0.05) is 32.6 Å². The van der Waals surface area contributed by atoms with E-state index < -0.39 is 5.97 Å². The highest BCUT2D eigenvalue weighted by molar-refractivity contribution is 5.79. The molecular formula is C15H25NO3. The molecule has 0 aromatic carbocycles. The summed E-state index contributed by atoms with van der Waals surface area (Å²) in [5, 5.41) is 11.8. The number of aliphatic carboxylic acids is 1. The van der Waals surface area contributed by atoms with E-state index in [-0.39, 0.29) is 23.8 Å². The van der Waals surface area contributed by atoms with E-state index in [0.29, 0.717) is 12.8 Å². The lowest BCUT2D eigenvalue weighted by Gasteiger charge is -2.34. The summed E-state index contributed by atoms with van der Waals surface area (Å²) in [6, 6.07) is 0.0891. The van der Waals surface area contributed by atoms with Gasteiger partial charge in [0.1, 0.15) is 0 Å². The van der Waals surface area contributed by atoms with E-state index >= 15 is 0 Å². The molecule has 2 N–H and O–H groups in total. The van der Waals surface area contributed by atoms with E-state index in [9.17, 15) is 9.59 Å². The van der Waals surface area contributed by atoms with Crippen LogP contribution in [-0.4, -0.2) is 23.0 Å². The first-order chi connectivity index (χ1) is 9.10. The first kappa shape index (κ1) is 14.4. The number of carbonyl (C=O) groups excluding carboxylic acids is 1. The molecule has 4 heteroatoms. The first-order valence-electron chi connectivity index (χ1n) is 7.63. The molecule has 0 aromatic rings. The third-order valence-corrected chi connectivity index (χ3v) is 4.79. The van der Waals surface area contributed by atoms with Crippen LogP contribution in [0.5, 0.6) is 0 Å². The topological polar surface area (TPSA) is 66.4 Å². The van der Waals surface area contributed by atoms with Crippen LogP contribution in [0.1, 0.15) is 58.3 Å². The van der Waals surface area contributed by atoms with E-state index in [0.717, 1.165) is 18.8 Å². The molecule has 0 bridgehead atoms. The number of carboxylic acids is 1.